The van der Waals surface area contributed by atoms with Gasteiger partial charge in [-0.05, 0) is 47.6 Å². The average Bonchev–Trinajstić information content (AvgIpc) is 2.37. The highest BCUT2D eigenvalue weighted by Gasteiger charge is 2.25. The second-order valence-corrected chi connectivity index (χ2v) is 7.88. The van der Waals surface area contributed by atoms with Crippen molar-refractivity contribution in [3.05, 3.63) is 33.4 Å². The van der Waals surface area contributed by atoms with Crippen LogP contribution in [0.3, 0.4) is 0 Å². The van der Waals surface area contributed by atoms with Crippen molar-refractivity contribution in [3.63, 3.8) is 0 Å². The van der Waals surface area contributed by atoms with Gasteiger partial charge in [-0.1, -0.05) is 12.1 Å². The Labute approximate surface area is 132 Å². The van der Waals surface area contributed by atoms with Gasteiger partial charge in [-0.2, -0.15) is 0 Å². The van der Waals surface area contributed by atoms with Crippen molar-refractivity contribution in [1.29, 1.82) is 0 Å². The predicted octanol–water partition coefficient (Wildman–Crippen LogP) is 1.44. The molecule has 0 saturated carbocycles. The molecule has 0 spiro atoms. The number of benzene rings is 1. The van der Waals surface area contributed by atoms with Crippen molar-refractivity contribution in [2.45, 2.75) is 18.9 Å². The monoisotopic (exact) mass is 408 g/mol. The van der Waals surface area contributed by atoms with Crippen molar-refractivity contribution in [2.24, 2.45) is 0 Å². The topological polar surface area (TPSA) is 66.5 Å². The van der Waals surface area contributed by atoms with Gasteiger partial charge in [-0.15, -0.1) is 0 Å². The van der Waals surface area contributed by atoms with E-state index in [1.165, 1.54) is 0 Å². The minimum absolute atomic E-state index is 0.0211. The van der Waals surface area contributed by atoms with E-state index in [0.29, 0.717) is 31.5 Å². The number of nitrogens with zero attached hydrogens (tertiary/aromatic N) is 1. The molecule has 0 atom stereocenters. The normalized spacial score (nSPS) is 17.2. The molecular formula is C13H17IN2O3S. The first-order valence-electron chi connectivity index (χ1n) is 6.38. The Hall–Kier alpha value is -0.670. The van der Waals surface area contributed by atoms with Gasteiger partial charge in [0, 0.05) is 22.7 Å². The summed E-state index contributed by atoms with van der Waals surface area (Å²) < 4.78 is 25.9. The summed E-state index contributed by atoms with van der Waals surface area (Å²) in [6.45, 7) is 1.16. The largest absolute Gasteiger partial charge is 0.338 e. The van der Waals surface area contributed by atoms with E-state index in [0.717, 1.165) is 9.83 Å². The van der Waals surface area contributed by atoms with Crippen LogP contribution in [-0.2, 0) is 10.0 Å². The van der Waals surface area contributed by atoms with Crippen LogP contribution in [0.5, 0.6) is 0 Å². The highest BCUT2D eigenvalue weighted by atomic mass is 127. The molecule has 1 aromatic rings. The molecule has 110 valence electrons. The fraction of sp³-hybridized carbons (Fsp3) is 0.462. The Morgan fingerprint density at radius 3 is 2.45 bits per heavy atom. The van der Waals surface area contributed by atoms with Crippen LogP contribution in [0, 0.1) is 3.57 Å². The number of piperidine rings is 1. The molecule has 0 aliphatic carbocycles. The van der Waals surface area contributed by atoms with Crippen molar-refractivity contribution in [1.82, 2.24) is 9.62 Å². The summed E-state index contributed by atoms with van der Waals surface area (Å²) in [7, 11) is -3.18. The Morgan fingerprint density at radius 1 is 1.30 bits per heavy atom. The molecule has 0 radical (unpaired) electrons. The molecule has 0 unspecified atom stereocenters. The standard InChI is InChI=1S/C13H17IN2O3S/c1-20(18,19)15-10-6-8-16(9-7-10)13(17)11-4-2-3-5-12(11)14/h2-5,10,15H,6-9H2,1H3. The first-order valence-corrected chi connectivity index (χ1v) is 9.35. The zero-order valence-electron chi connectivity index (χ0n) is 11.2. The van der Waals surface area contributed by atoms with E-state index in [-0.39, 0.29) is 11.9 Å². The molecular weight excluding hydrogens is 391 g/mol. The smallest absolute Gasteiger partial charge is 0.254 e. The fourth-order valence-corrected chi connectivity index (χ4v) is 3.77. The number of likely N-dealkylation sites (tertiary alicyclic amines) is 1. The third kappa shape index (κ3) is 4.16. The third-order valence-electron chi connectivity index (χ3n) is 3.27. The number of amides is 1. The molecule has 0 bridgehead atoms. The summed E-state index contributed by atoms with van der Waals surface area (Å²) in [6.07, 6.45) is 2.47. The molecule has 1 fully saturated rings. The van der Waals surface area contributed by atoms with E-state index in [1.807, 2.05) is 24.3 Å². The highest BCUT2D eigenvalue weighted by molar-refractivity contribution is 14.1. The van der Waals surface area contributed by atoms with Crippen LogP contribution < -0.4 is 4.72 Å². The fourth-order valence-electron chi connectivity index (χ4n) is 2.31. The lowest BCUT2D eigenvalue weighted by Crippen LogP contribution is -2.46. The van der Waals surface area contributed by atoms with E-state index in [2.05, 4.69) is 27.3 Å². The number of sulfonamides is 1. The number of hydrogen-bond acceptors (Lipinski definition) is 3. The van der Waals surface area contributed by atoms with Crippen LogP contribution in [0.1, 0.15) is 23.2 Å². The second kappa shape index (κ2) is 6.40. The Kier molecular flexibility index (Phi) is 5.03. The van der Waals surface area contributed by atoms with E-state index in [4.69, 9.17) is 0 Å². The maximum atomic E-state index is 12.4. The molecule has 1 aromatic carbocycles. The lowest BCUT2D eigenvalue weighted by Gasteiger charge is -2.32. The van der Waals surface area contributed by atoms with Crippen molar-refractivity contribution < 1.29 is 13.2 Å². The van der Waals surface area contributed by atoms with E-state index in [1.54, 1.807) is 4.90 Å². The molecule has 7 heteroatoms. The lowest BCUT2D eigenvalue weighted by molar-refractivity contribution is 0.0710. The molecule has 1 N–H and O–H groups in total. The van der Waals surface area contributed by atoms with Gasteiger partial charge >= 0.3 is 0 Å². The molecule has 20 heavy (non-hydrogen) atoms. The van der Waals surface area contributed by atoms with Gasteiger partial charge in [-0.25, -0.2) is 13.1 Å². The van der Waals surface area contributed by atoms with Gasteiger partial charge in [0.1, 0.15) is 0 Å². The maximum absolute atomic E-state index is 12.4. The Bertz CT molecular complexity index is 595. The van der Waals surface area contributed by atoms with Crippen LogP contribution in [-0.4, -0.2) is 44.6 Å². The molecule has 2 rings (SSSR count). The molecule has 1 heterocycles. The highest BCUT2D eigenvalue weighted by Crippen LogP contribution is 2.18. The number of hydrogen-bond donors (Lipinski definition) is 1. The zero-order chi connectivity index (χ0) is 14.8. The molecule has 0 aromatic heterocycles. The summed E-state index contributed by atoms with van der Waals surface area (Å²) in [5.74, 6) is 0.0211. The summed E-state index contributed by atoms with van der Waals surface area (Å²) in [5, 5.41) is 0. The summed E-state index contributed by atoms with van der Waals surface area (Å²) in [4.78, 5) is 14.2. The van der Waals surface area contributed by atoms with Crippen molar-refractivity contribution in [2.75, 3.05) is 19.3 Å². The van der Waals surface area contributed by atoms with Gasteiger partial charge < -0.3 is 4.90 Å². The van der Waals surface area contributed by atoms with E-state index in [9.17, 15) is 13.2 Å². The van der Waals surface area contributed by atoms with Gasteiger partial charge in [0.15, 0.2) is 0 Å². The summed E-state index contributed by atoms with van der Waals surface area (Å²) in [6, 6.07) is 7.43. The zero-order valence-corrected chi connectivity index (χ0v) is 14.1. The lowest BCUT2D eigenvalue weighted by atomic mass is 10.0. The molecule has 1 amide bonds. The van der Waals surface area contributed by atoms with Crippen LogP contribution >= 0.6 is 22.6 Å². The van der Waals surface area contributed by atoms with Crippen LogP contribution in [0.2, 0.25) is 0 Å². The van der Waals surface area contributed by atoms with Crippen LogP contribution in [0.25, 0.3) is 0 Å². The van der Waals surface area contributed by atoms with E-state index >= 15 is 0 Å². The van der Waals surface area contributed by atoms with Gasteiger partial charge in [0.25, 0.3) is 5.91 Å². The molecule has 1 aliphatic heterocycles. The molecule has 1 saturated heterocycles. The van der Waals surface area contributed by atoms with Gasteiger partial charge in [0.2, 0.25) is 10.0 Å². The number of carbonyl (C=O) groups is 1. The minimum Gasteiger partial charge on any atom is -0.338 e. The van der Waals surface area contributed by atoms with E-state index < -0.39 is 10.0 Å². The third-order valence-corrected chi connectivity index (χ3v) is 4.97. The minimum atomic E-state index is -3.18. The average molecular weight is 408 g/mol. The Morgan fingerprint density at radius 2 is 1.90 bits per heavy atom. The van der Waals surface area contributed by atoms with Crippen molar-refractivity contribution >= 4 is 38.5 Å². The number of carbonyl (C=O) groups excluding carboxylic acids is 1. The second-order valence-electron chi connectivity index (χ2n) is 4.94. The van der Waals surface area contributed by atoms with Gasteiger partial charge in [0.05, 0.1) is 11.8 Å². The molecule has 5 nitrogen and oxygen atoms in total. The van der Waals surface area contributed by atoms with Crippen LogP contribution in [0.15, 0.2) is 24.3 Å². The van der Waals surface area contributed by atoms with Crippen molar-refractivity contribution in [3.8, 4) is 0 Å². The predicted molar refractivity (Wildman–Crippen MR) is 86.1 cm³/mol. The summed E-state index contributed by atoms with van der Waals surface area (Å²) in [5.41, 5.74) is 0.711. The van der Waals surface area contributed by atoms with Crippen LogP contribution in [0.4, 0.5) is 0 Å². The maximum Gasteiger partial charge on any atom is 0.254 e. The first kappa shape index (κ1) is 15.7. The number of rotatable bonds is 3. The Balaban J connectivity index is 1.97. The number of halogens is 1. The molecule has 1 aliphatic rings. The SMILES string of the molecule is CS(=O)(=O)NC1CCN(C(=O)c2ccccc2I)CC1. The van der Waals surface area contributed by atoms with Gasteiger partial charge in [-0.3, -0.25) is 4.79 Å². The quantitative estimate of drug-likeness (QED) is 0.770. The number of nitrogens with one attached hydrogen (secondary N) is 1. The first-order chi connectivity index (χ1) is 9.37. The summed E-state index contributed by atoms with van der Waals surface area (Å²) >= 11 is 2.15.